The van der Waals surface area contributed by atoms with Crippen molar-refractivity contribution in [2.45, 2.75) is 38.3 Å². The minimum atomic E-state index is -0.759. The average Bonchev–Trinajstić information content (AvgIpc) is 3.05. The number of phenols is 1. The number of rotatable bonds is 4. The van der Waals surface area contributed by atoms with E-state index in [1.54, 1.807) is 42.2 Å². The van der Waals surface area contributed by atoms with Crippen molar-refractivity contribution >= 4 is 5.91 Å². The Bertz CT molecular complexity index is 760. The number of carbonyl (C=O) groups is 1. The molecule has 0 aromatic heterocycles. The van der Waals surface area contributed by atoms with Crippen LogP contribution in [0.3, 0.4) is 0 Å². The van der Waals surface area contributed by atoms with Gasteiger partial charge < -0.3 is 15.1 Å². The van der Waals surface area contributed by atoms with Crippen LogP contribution in [0.2, 0.25) is 0 Å². The zero-order valence-corrected chi connectivity index (χ0v) is 14.2. The van der Waals surface area contributed by atoms with Gasteiger partial charge in [-0.05, 0) is 55.5 Å². The highest BCUT2D eigenvalue weighted by Gasteiger charge is 2.32. The Balaban J connectivity index is 1.75. The van der Waals surface area contributed by atoms with E-state index >= 15 is 0 Å². The van der Waals surface area contributed by atoms with Crippen LogP contribution in [0.4, 0.5) is 4.39 Å². The maximum absolute atomic E-state index is 13.0. The third kappa shape index (κ3) is 3.66. The number of aliphatic hydroxyl groups excluding tert-OH is 1. The van der Waals surface area contributed by atoms with E-state index < -0.39 is 6.10 Å². The molecule has 0 bridgehead atoms. The number of nitrogens with zero attached hydrogens (tertiary/aromatic N) is 1. The number of hydrogen-bond acceptors (Lipinski definition) is 3. The number of amides is 1. The van der Waals surface area contributed by atoms with Crippen molar-refractivity contribution in [1.29, 1.82) is 0 Å². The highest BCUT2D eigenvalue weighted by Crippen LogP contribution is 2.31. The van der Waals surface area contributed by atoms with Crippen molar-refractivity contribution in [3.05, 3.63) is 65.0 Å². The zero-order valence-electron chi connectivity index (χ0n) is 14.2. The molecule has 0 aliphatic carbocycles. The highest BCUT2D eigenvalue weighted by molar-refractivity contribution is 5.97. The van der Waals surface area contributed by atoms with Gasteiger partial charge in [0.15, 0.2) is 0 Å². The first-order chi connectivity index (χ1) is 12.0. The van der Waals surface area contributed by atoms with Crippen LogP contribution in [-0.4, -0.2) is 33.6 Å². The van der Waals surface area contributed by atoms with Crippen LogP contribution in [0.5, 0.6) is 5.75 Å². The number of phenolic OH excluding ortho intramolecular Hbond substituents is 1. The zero-order chi connectivity index (χ0) is 18.0. The molecule has 1 saturated heterocycles. The van der Waals surface area contributed by atoms with E-state index in [-0.39, 0.29) is 23.5 Å². The average molecular weight is 343 g/mol. The number of hydrogen-bond donors (Lipinski definition) is 2. The number of aryl methyl sites for hydroxylation is 1. The van der Waals surface area contributed by atoms with Crippen LogP contribution in [-0.2, 0) is 0 Å². The van der Waals surface area contributed by atoms with E-state index in [4.69, 9.17) is 0 Å². The molecule has 2 atom stereocenters. The quantitative estimate of drug-likeness (QED) is 0.892. The summed E-state index contributed by atoms with van der Waals surface area (Å²) < 4.78 is 13.0. The van der Waals surface area contributed by atoms with Gasteiger partial charge in [0.25, 0.3) is 5.91 Å². The summed E-state index contributed by atoms with van der Waals surface area (Å²) in [6, 6.07) is 10.8. The lowest BCUT2D eigenvalue weighted by Crippen LogP contribution is -2.36. The molecule has 4 nitrogen and oxygen atoms in total. The third-order valence-electron chi connectivity index (χ3n) is 4.86. The molecule has 0 saturated carbocycles. The molecule has 2 aromatic rings. The molecule has 3 rings (SSSR count). The van der Waals surface area contributed by atoms with Crippen molar-refractivity contribution in [3.63, 3.8) is 0 Å². The smallest absolute Gasteiger partial charge is 0.257 e. The largest absolute Gasteiger partial charge is 0.507 e. The van der Waals surface area contributed by atoms with E-state index in [2.05, 4.69) is 0 Å². The predicted molar refractivity (Wildman–Crippen MR) is 92.9 cm³/mol. The van der Waals surface area contributed by atoms with Crippen LogP contribution in [0.15, 0.2) is 42.5 Å². The molecular weight excluding hydrogens is 321 g/mol. The van der Waals surface area contributed by atoms with Gasteiger partial charge in [0, 0.05) is 12.6 Å². The predicted octanol–water partition coefficient (Wildman–Crippen LogP) is 3.57. The summed E-state index contributed by atoms with van der Waals surface area (Å²) >= 11 is 0. The standard InChI is InChI=1S/C20H22FNO3/c1-13-4-2-6-17(19(13)24)20(25)22-11-3-5-16(22)12-18(23)14-7-9-15(21)10-8-14/h2,4,6-10,16,18,23-24H,3,5,11-12H2,1H3. The second kappa shape index (κ2) is 7.23. The van der Waals surface area contributed by atoms with Gasteiger partial charge in [0.2, 0.25) is 0 Å². The molecule has 1 amide bonds. The second-order valence-electron chi connectivity index (χ2n) is 6.57. The molecule has 2 N–H and O–H groups in total. The SMILES string of the molecule is Cc1cccc(C(=O)N2CCCC2CC(O)c2ccc(F)cc2)c1O. The minimum absolute atomic E-state index is 0.0113. The summed E-state index contributed by atoms with van der Waals surface area (Å²) in [5, 5.41) is 20.6. The topological polar surface area (TPSA) is 60.8 Å². The first-order valence-electron chi connectivity index (χ1n) is 8.50. The van der Waals surface area contributed by atoms with Gasteiger partial charge >= 0.3 is 0 Å². The van der Waals surface area contributed by atoms with Crippen molar-refractivity contribution in [2.24, 2.45) is 0 Å². The molecule has 1 heterocycles. The van der Waals surface area contributed by atoms with Gasteiger partial charge in [-0.1, -0.05) is 24.3 Å². The Kier molecular flexibility index (Phi) is 5.04. The number of aromatic hydroxyl groups is 1. The van der Waals surface area contributed by atoms with Crippen LogP contribution in [0.25, 0.3) is 0 Å². The molecule has 0 radical (unpaired) electrons. The summed E-state index contributed by atoms with van der Waals surface area (Å²) in [7, 11) is 0. The van der Waals surface area contributed by atoms with E-state index in [1.807, 2.05) is 0 Å². The van der Waals surface area contributed by atoms with Crippen LogP contribution < -0.4 is 0 Å². The van der Waals surface area contributed by atoms with Crippen molar-refractivity contribution in [1.82, 2.24) is 4.90 Å². The van der Waals surface area contributed by atoms with Gasteiger partial charge in [-0.25, -0.2) is 4.39 Å². The van der Waals surface area contributed by atoms with E-state index in [0.29, 0.717) is 29.7 Å². The molecule has 1 aliphatic heterocycles. The molecular formula is C20H22FNO3. The molecule has 1 fully saturated rings. The number of aliphatic hydroxyl groups is 1. The molecule has 132 valence electrons. The molecule has 2 unspecified atom stereocenters. The number of para-hydroxylation sites is 1. The fourth-order valence-corrected chi connectivity index (χ4v) is 3.41. The minimum Gasteiger partial charge on any atom is -0.507 e. The Morgan fingerprint density at radius 2 is 2.00 bits per heavy atom. The monoisotopic (exact) mass is 343 g/mol. The lowest BCUT2D eigenvalue weighted by atomic mass is 10.00. The van der Waals surface area contributed by atoms with Crippen molar-refractivity contribution in [3.8, 4) is 5.75 Å². The van der Waals surface area contributed by atoms with Gasteiger partial charge in [0.05, 0.1) is 11.7 Å². The maximum atomic E-state index is 13.0. The van der Waals surface area contributed by atoms with Crippen LogP contribution >= 0.6 is 0 Å². The molecule has 0 spiro atoms. The van der Waals surface area contributed by atoms with Gasteiger partial charge in [-0.15, -0.1) is 0 Å². The Morgan fingerprint density at radius 1 is 1.28 bits per heavy atom. The van der Waals surface area contributed by atoms with E-state index in [0.717, 1.165) is 12.8 Å². The van der Waals surface area contributed by atoms with Crippen molar-refractivity contribution < 1.29 is 19.4 Å². The normalized spacial score (nSPS) is 18.4. The van der Waals surface area contributed by atoms with Gasteiger partial charge in [0.1, 0.15) is 11.6 Å². The lowest BCUT2D eigenvalue weighted by molar-refractivity contribution is 0.0664. The molecule has 1 aliphatic rings. The second-order valence-corrected chi connectivity index (χ2v) is 6.57. The van der Waals surface area contributed by atoms with Gasteiger partial charge in [-0.3, -0.25) is 4.79 Å². The number of likely N-dealkylation sites (tertiary alicyclic amines) is 1. The summed E-state index contributed by atoms with van der Waals surface area (Å²) in [5.74, 6) is -0.546. The first-order valence-corrected chi connectivity index (χ1v) is 8.50. The van der Waals surface area contributed by atoms with Crippen molar-refractivity contribution in [2.75, 3.05) is 6.54 Å². The highest BCUT2D eigenvalue weighted by atomic mass is 19.1. The summed E-state index contributed by atoms with van der Waals surface area (Å²) in [5.41, 5.74) is 1.59. The number of benzene rings is 2. The number of halogens is 1. The fraction of sp³-hybridized carbons (Fsp3) is 0.350. The van der Waals surface area contributed by atoms with Crippen LogP contribution in [0.1, 0.15) is 46.9 Å². The van der Waals surface area contributed by atoms with E-state index in [9.17, 15) is 19.4 Å². The number of carbonyl (C=O) groups excluding carboxylic acids is 1. The molecule has 5 heteroatoms. The van der Waals surface area contributed by atoms with Crippen LogP contribution in [0, 0.1) is 12.7 Å². The lowest BCUT2D eigenvalue weighted by Gasteiger charge is -2.27. The molecule has 25 heavy (non-hydrogen) atoms. The summed E-state index contributed by atoms with van der Waals surface area (Å²) in [4.78, 5) is 14.6. The van der Waals surface area contributed by atoms with E-state index in [1.165, 1.54) is 12.1 Å². The summed E-state index contributed by atoms with van der Waals surface area (Å²) in [6.45, 7) is 2.36. The third-order valence-corrected chi connectivity index (χ3v) is 4.86. The fourth-order valence-electron chi connectivity index (χ4n) is 3.41. The molecule has 2 aromatic carbocycles. The maximum Gasteiger partial charge on any atom is 0.257 e. The first kappa shape index (κ1) is 17.4. The Morgan fingerprint density at radius 3 is 2.72 bits per heavy atom. The Labute approximate surface area is 146 Å². The Hall–Kier alpha value is -2.40. The summed E-state index contributed by atoms with van der Waals surface area (Å²) in [6.07, 6.45) is 1.30. The van der Waals surface area contributed by atoms with Gasteiger partial charge in [-0.2, -0.15) is 0 Å².